The molecule has 1 fully saturated rings. The lowest BCUT2D eigenvalue weighted by molar-refractivity contribution is -0.156. The summed E-state index contributed by atoms with van der Waals surface area (Å²) in [4.78, 5) is 29.7. The SMILES string of the molecule is CN1CCN(CCNC(C(=O)OC(C)(C)C)/C(=C/c2ccc(C(=O)O)cc2)COc2cccc3ccccc23)CC1. The van der Waals surface area contributed by atoms with E-state index in [1.54, 1.807) is 24.3 Å². The van der Waals surface area contributed by atoms with Crippen LogP contribution in [0.15, 0.2) is 72.3 Å². The number of nitrogens with zero attached hydrogens (tertiary/aromatic N) is 2. The molecular formula is C33H41N3O5. The number of hydrogen-bond donors (Lipinski definition) is 2. The predicted octanol–water partition coefficient (Wildman–Crippen LogP) is 4.55. The molecule has 1 aliphatic heterocycles. The Balaban J connectivity index is 1.62. The van der Waals surface area contributed by atoms with Crippen LogP contribution in [-0.2, 0) is 9.53 Å². The molecule has 41 heavy (non-hydrogen) atoms. The van der Waals surface area contributed by atoms with E-state index in [9.17, 15) is 14.7 Å². The fourth-order valence-corrected chi connectivity index (χ4v) is 4.79. The zero-order chi connectivity index (χ0) is 29.4. The van der Waals surface area contributed by atoms with E-state index in [1.807, 2.05) is 69.3 Å². The number of carbonyl (C=O) groups is 2. The molecule has 3 aromatic carbocycles. The summed E-state index contributed by atoms with van der Waals surface area (Å²) in [6, 6.07) is 19.7. The van der Waals surface area contributed by atoms with Crippen molar-refractivity contribution < 1.29 is 24.2 Å². The second kappa shape index (κ2) is 13.8. The van der Waals surface area contributed by atoms with Crippen molar-refractivity contribution in [2.24, 2.45) is 0 Å². The molecule has 8 nitrogen and oxygen atoms in total. The molecule has 0 aromatic heterocycles. The Bertz CT molecular complexity index is 1350. The zero-order valence-corrected chi connectivity index (χ0v) is 24.4. The molecule has 1 unspecified atom stereocenters. The second-order valence-corrected chi connectivity index (χ2v) is 11.5. The van der Waals surface area contributed by atoms with E-state index in [0.29, 0.717) is 12.1 Å². The molecule has 0 saturated carbocycles. The Morgan fingerprint density at radius 3 is 2.34 bits per heavy atom. The van der Waals surface area contributed by atoms with Gasteiger partial charge >= 0.3 is 11.9 Å². The van der Waals surface area contributed by atoms with Crippen LogP contribution in [0, 0.1) is 0 Å². The largest absolute Gasteiger partial charge is 0.489 e. The fraction of sp³-hybridized carbons (Fsp3) is 0.394. The number of aromatic carboxylic acids is 1. The van der Waals surface area contributed by atoms with Gasteiger partial charge in [-0.05, 0) is 62.5 Å². The van der Waals surface area contributed by atoms with Gasteiger partial charge in [-0.3, -0.25) is 10.2 Å². The van der Waals surface area contributed by atoms with Gasteiger partial charge < -0.3 is 19.5 Å². The highest BCUT2D eigenvalue weighted by molar-refractivity contribution is 5.89. The first-order valence-electron chi connectivity index (χ1n) is 14.1. The number of fused-ring (bicyclic) bond motifs is 1. The molecule has 218 valence electrons. The number of benzene rings is 3. The van der Waals surface area contributed by atoms with E-state index in [2.05, 4.69) is 22.2 Å². The van der Waals surface area contributed by atoms with Crippen LogP contribution in [0.3, 0.4) is 0 Å². The van der Waals surface area contributed by atoms with Crippen LogP contribution in [0.25, 0.3) is 16.8 Å². The zero-order valence-electron chi connectivity index (χ0n) is 24.4. The molecule has 0 radical (unpaired) electrons. The molecule has 1 atom stereocenters. The standard InChI is InChI=1S/C33H41N3O5/c1-33(2,3)41-32(39)30(34-16-17-36-20-18-35(4)19-21-36)27(22-24-12-14-26(15-13-24)31(37)38)23-40-29-11-7-9-25-8-5-6-10-28(25)29/h5-15,22,30,34H,16-21,23H2,1-4H3,(H,37,38)/b27-22+. The van der Waals surface area contributed by atoms with Gasteiger partial charge in [-0.2, -0.15) is 0 Å². The molecule has 0 aliphatic carbocycles. The summed E-state index contributed by atoms with van der Waals surface area (Å²) in [7, 11) is 2.13. The van der Waals surface area contributed by atoms with Crippen molar-refractivity contribution in [2.45, 2.75) is 32.4 Å². The van der Waals surface area contributed by atoms with Gasteiger partial charge in [0.15, 0.2) is 0 Å². The normalized spacial score (nSPS) is 16.0. The number of carbonyl (C=O) groups excluding carboxylic acids is 1. The van der Waals surface area contributed by atoms with Crippen LogP contribution >= 0.6 is 0 Å². The molecule has 1 heterocycles. The average Bonchev–Trinajstić information content (AvgIpc) is 2.94. The molecule has 1 saturated heterocycles. The highest BCUT2D eigenvalue weighted by Crippen LogP contribution is 2.26. The van der Waals surface area contributed by atoms with Gasteiger partial charge in [-0.15, -0.1) is 0 Å². The first kappa shape index (κ1) is 30.2. The Labute approximate surface area is 242 Å². The molecule has 0 bridgehead atoms. The number of carboxylic acids is 1. The third-order valence-electron chi connectivity index (χ3n) is 7.04. The van der Waals surface area contributed by atoms with Crippen molar-refractivity contribution in [1.82, 2.24) is 15.1 Å². The van der Waals surface area contributed by atoms with E-state index < -0.39 is 17.6 Å². The highest BCUT2D eigenvalue weighted by Gasteiger charge is 2.29. The van der Waals surface area contributed by atoms with Crippen molar-refractivity contribution in [1.29, 1.82) is 0 Å². The third-order valence-corrected chi connectivity index (χ3v) is 7.04. The third kappa shape index (κ3) is 8.88. The summed E-state index contributed by atoms with van der Waals surface area (Å²) in [6.45, 7) is 11.1. The highest BCUT2D eigenvalue weighted by atomic mass is 16.6. The summed E-state index contributed by atoms with van der Waals surface area (Å²) in [5.74, 6) is -0.654. The van der Waals surface area contributed by atoms with Crippen LogP contribution in [0.4, 0.5) is 0 Å². The summed E-state index contributed by atoms with van der Waals surface area (Å²) in [6.07, 6.45) is 1.88. The Morgan fingerprint density at radius 1 is 0.976 bits per heavy atom. The number of esters is 1. The van der Waals surface area contributed by atoms with Gasteiger partial charge in [0.2, 0.25) is 0 Å². The molecule has 0 spiro atoms. The summed E-state index contributed by atoms with van der Waals surface area (Å²) in [5, 5.41) is 14.8. The Morgan fingerprint density at radius 2 is 1.66 bits per heavy atom. The molecule has 1 aliphatic rings. The number of carboxylic acid groups (broad SMARTS) is 1. The summed E-state index contributed by atoms with van der Waals surface area (Å²) in [5.41, 5.74) is 0.985. The first-order chi connectivity index (χ1) is 19.6. The lowest BCUT2D eigenvalue weighted by Crippen LogP contribution is -2.49. The van der Waals surface area contributed by atoms with Crippen molar-refractivity contribution >= 4 is 28.8 Å². The van der Waals surface area contributed by atoms with Gasteiger partial charge in [0.25, 0.3) is 0 Å². The second-order valence-electron chi connectivity index (χ2n) is 11.5. The predicted molar refractivity (Wildman–Crippen MR) is 162 cm³/mol. The van der Waals surface area contributed by atoms with Crippen LogP contribution in [0.2, 0.25) is 0 Å². The van der Waals surface area contributed by atoms with E-state index in [-0.39, 0.29) is 18.1 Å². The topological polar surface area (TPSA) is 91.3 Å². The van der Waals surface area contributed by atoms with Gasteiger partial charge in [-0.1, -0.05) is 54.6 Å². The Kier molecular flexibility index (Phi) is 10.2. The number of nitrogens with one attached hydrogen (secondary N) is 1. The van der Waals surface area contributed by atoms with Crippen LogP contribution < -0.4 is 10.1 Å². The van der Waals surface area contributed by atoms with Gasteiger partial charge in [0.05, 0.1) is 5.56 Å². The number of piperazine rings is 1. The maximum atomic E-state index is 13.6. The summed E-state index contributed by atoms with van der Waals surface area (Å²) >= 11 is 0. The number of ether oxygens (including phenoxy) is 2. The average molecular weight is 560 g/mol. The van der Waals surface area contributed by atoms with Crippen LogP contribution in [0.1, 0.15) is 36.7 Å². The molecule has 0 amide bonds. The van der Waals surface area contributed by atoms with Crippen LogP contribution in [0.5, 0.6) is 5.75 Å². The first-order valence-corrected chi connectivity index (χ1v) is 14.1. The van der Waals surface area contributed by atoms with Crippen molar-refractivity contribution in [3.8, 4) is 5.75 Å². The van der Waals surface area contributed by atoms with Gasteiger partial charge in [0, 0.05) is 44.7 Å². The molecule has 4 rings (SSSR count). The maximum absolute atomic E-state index is 13.6. The molecule has 8 heteroatoms. The van der Waals surface area contributed by atoms with E-state index >= 15 is 0 Å². The van der Waals surface area contributed by atoms with Crippen molar-refractivity contribution in [3.63, 3.8) is 0 Å². The van der Waals surface area contributed by atoms with E-state index in [0.717, 1.165) is 54.8 Å². The monoisotopic (exact) mass is 559 g/mol. The molecule has 3 aromatic rings. The van der Waals surface area contributed by atoms with Crippen molar-refractivity contribution in [2.75, 3.05) is 52.9 Å². The van der Waals surface area contributed by atoms with E-state index in [4.69, 9.17) is 9.47 Å². The smallest absolute Gasteiger partial charge is 0.335 e. The number of hydrogen-bond acceptors (Lipinski definition) is 7. The molecular weight excluding hydrogens is 518 g/mol. The Hall–Kier alpha value is -3.72. The summed E-state index contributed by atoms with van der Waals surface area (Å²) < 4.78 is 12.2. The number of rotatable bonds is 11. The van der Waals surface area contributed by atoms with Crippen molar-refractivity contribution in [3.05, 3.63) is 83.4 Å². The lowest BCUT2D eigenvalue weighted by atomic mass is 10.0. The number of likely N-dealkylation sites (N-methyl/N-ethyl adjacent to an activating group) is 1. The maximum Gasteiger partial charge on any atom is 0.335 e. The molecule has 2 N–H and O–H groups in total. The van der Waals surface area contributed by atoms with Gasteiger partial charge in [0.1, 0.15) is 24.0 Å². The van der Waals surface area contributed by atoms with Gasteiger partial charge in [-0.25, -0.2) is 9.59 Å². The minimum atomic E-state index is -0.989. The minimum Gasteiger partial charge on any atom is -0.489 e. The lowest BCUT2D eigenvalue weighted by Gasteiger charge is -2.33. The van der Waals surface area contributed by atoms with Crippen LogP contribution in [-0.4, -0.2) is 91.4 Å². The minimum absolute atomic E-state index is 0.139. The van der Waals surface area contributed by atoms with E-state index in [1.165, 1.54) is 0 Å². The quantitative estimate of drug-likeness (QED) is 0.331. The fourth-order valence-electron chi connectivity index (χ4n) is 4.79.